The van der Waals surface area contributed by atoms with Gasteiger partial charge in [0.05, 0.1) is 10.6 Å². The number of halogens is 2. The first kappa shape index (κ1) is 33.8. The van der Waals surface area contributed by atoms with Gasteiger partial charge in [-0.25, -0.2) is 8.42 Å². The van der Waals surface area contributed by atoms with Gasteiger partial charge < -0.3 is 10.2 Å². The van der Waals surface area contributed by atoms with Gasteiger partial charge in [-0.05, 0) is 68.5 Å². The van der Waals surface area contributed by atoms with E-state index in [0.717, 1.165) is 47.5 Å². The van der Waals surface area contributed by atoms with Gasteiger partial charge in [0, 0.05) is 28.2 Å². The van der Waals surface area contributed by atoms with Crippen molar-refractivity contribution in [2.45, 2.75) is 89.2 Å². The SMILES string of the molecule is CCc1ccccc1N(CC(=O)N(Cc1c(Cl)cccc1Cl)C(CC)C(=O)NC1CCCCC1)S(=O)(=O)c1ccc(C)cc1. The van der Waals surface area contributed by atoms with E-state index >= 15 is 0 Å². The molecular weight excluding hydrogens is 617 g/mol. The number of anilines is 1. The van der Waals surface area contributed by atoms with Gasteiger partial charge in [0.25, 0.3) is 10.0 Å². The summed E-state index contributed by atoms with van der Waals surface area (Å²) >= 11 is 13.1. The van der Waals surface area contributed by atoms with Gasteiger partial charge in [0.2, 0.25) is 11.8 Å². The van der Waals surface area contributed by atoms with Crippen LogP contribution < -0.4 is 9.62 Å². The third-order valence-electron chi connectivity index (χ3n) is 8.26. The van der Waals surface area contributed by atoms with Gasteiger partial charge in [-0.3, -0.25) is 13.9 Å². The van der Waals surface area contributed by atoms with E-state index in [9.17, 15) is 18.0 Å². The predicted molar refractivity (Wildman–Crippen MR) is 178 cm³/mol. The number of amides is 2. The number of para-hydroxylation sites is 1. The summed E-state index contributed by atoms with van der Waals surface area (Å²) in [7, 11) is -4.16. The second-order valence-corrected chi connectivity index (χ2v) is 14.0. The lowest BCUT2D eigenvalue weighted by Crippen LogP contribution is -2.54. The average Bonchev–Trinajstić information content (AvgIpc) is 3.01. The van der Waals surface area contributed by atoms with Crippen LogP contribution >= 0.6 is 23.2 Å². The summed E-state index contributed by atoms with van der Waals surface area (Å²) in [6, 6.07) is 18.0. The largest absolute Gasteiger partial charge is 0.352 e. The van der Waals surface area contributed by atoms with Crippen molar-refractivity contribution in [1.82, 2.24) is 10.2 Å². The molecule has 0 bridgehead atoms. The Labute approximate surface area is 271 Å². The molecular formula is C34H41Cl2N3O4S. The number of nitrogens with zero attached hydrogens (tertiary/aromatic N) is 2. The number of nitrogens with one attached hydrogen (secondary N) is 1. The van der Waals surface area contributed by atoms with Crippen LogP contribution in [0.3, 0.4) is 0 Å². The molecule has 236 valence electrons. The summed E-state index contributed by atoms with van der Waals surface area (Å²) in [5, 5.41) is 3.87. The van der Waals surface area contributed by atoms with Crippen molar-refractivity contribution in [1.29, 1.82) is 0 Å². The van der Waals surface area contributed by atoms with E-state index in [1.165, 1.54) is 4.90 Å². The Kier molecular flexibility index (Phi) is 11.7. The molecule has 3 aromatic rings. The summed E-state index contributed by atoms with van der Waals surface area (Å²) in [6.45, 7) is 5.09. The number of benzene rings is 3. The normalized spacial score (nSPS) is 14.6. The number of hydrogen-bond acceptors (Lipinski definition) is 4. The summed E-state index contributed by atoms with van der Waals surface area (Å²) in [5.41, 5.74) is 2.60. The smallest absolute Gasteiger partial charge is 0.264 e. The molecule has 1 aliphatic carbocycles. The minimum absolute atomic E-state index is 0.0426. The molecule has 1 unspecified atom stereocenters. The highest BCUT2D eigenvalue weighted by atomic mass is 35.5. The van der Waals surface area contributed by atoms with Gasteiger partial charge >= 0.3 is 0 Å². The standard InChI is InChI=1S/C34H41Cl2N3O4S/c1-4-25-12-9-10-17-32(25)39(44(42,43)27-20-18-24(3)19-21-27)23-33(40)38(22-28-29(35)15-11-16-30(28)36)31(5-2)34(41)37-26-13-7-6-8-14-26/h9-12,15-21,26,31H,4-8,13-14,22-23H2,1-3H3,(H,37,41). The Morgan fingerprint density at radius 2 is 1.55 bits per heavy atom. The summed E-state index contributed by atoms with van der Waals surface area (Å²) in [6.07, 6.45) is 5.90. The topological polar surface area (TPSA) is 86.8 Å². The molecule has 4 rings (SSSR count). The molecule has 7 nitrogen and oxygen atoms in total. The van der Waals surface area contributed by atoms with Gasteiger partial charge in [0.15, 0.2) is 0 Å². The van der Waals surface area contributed by atoms with E-state index in [0.29, 0.717) is 34.1 Å². The highest BCUT2D eigenvalue weighted by Gasteiger charge is 2.35. The molecule has 1 fully saturated rings. The molecule has 1 N–H and O–H groups in total. The van der Waals surface area contributed by atoms with Gasteiger partial charge in [-0.2, -0.15) is 0 Å². The molecule has 3 aromatic carbocycles. The minimum atomic E-state index is -4.16. The molecule has 44 heavy (non-hydrogen) atoms. The molecule has 0 saturated heterocycles. The van der Waals surface area contributed by atoms with Crippen molar-refractivity contribution >= 4 is 50.7 Å². The van der Waals surface area contributed by atoms with Crippen molar-refractivity contribution < 1.29 is 18.0 Å². The zero-order valence-electron chi connectivity index (χ0n) is 25.6. The fourth-order valence-corrected chi connectivity index (χ4v) is 7.69. The maximum atomic E-state index is 14.4. The Balaban J connectivity index is 1.77. The lowest BCUT2D eigenvalue weighted by atomic mass is 9.95. The van der Waals surface area contributed by atoms with E-state index in [1.54, 1.807) is 54.6 Å². The molecule has 1 atom stereocenters. The molecule has 1 saturated carbocycles. The van der Waals surface area contributed by atoms with Crippen LogP contribution in [0.15, 0.2) is 71.6 Å². The van der Waals surface area contributed by atoms with Crippen molar-refractivity contribution in [3.8, 4) is 0 Å². The molecule has 0 aromatic heterocycles. The van der Waals surface area contributed by atoms with Crippen LogP contribution in [0.1, 0.15) is 69.1 Å². The Hall–Kier alpha value is -3.07. The number of hydrogen-bond donors (Lipinski definition) is 1. The molecule has 10 heteroatoms. The quantitative estimate of drug-likeness (QED) is 0.221. The van der Waals surface area contributed by atoms with E-state index in [1.807, 2.05) is 32.9 Å². The van der Waals surface area contributed by atoms with E-state index in [4.69, 9.17) is 23.2 Å². The van der Waals surface area contributed by atoms with Crippen LogP contribution in [0.5, 0.6) is 0 Å². The van der Waals surface area contributed by atoms with Gasteiger partial charge in [0.1, 0.15) is 12.6 Å². The maximum absolute atomic E-state index is 14.4. The fraction of sp³-hybridized carbons (Fsp3) is 0.412. The summed E-state index contributed by atoms with van der Waals surface area (Å²) in [4.78, 5) is 29.7. The monoisotopic (exact) mass is 657 g/mol. The minimum Gasteiger partial charge on any atom is -0.352 e. The van der Waals surface area contributed by atoms with Crippen LogP contribution in [0, 0.1) is 6.92 Å². The zero-order chi connectivity index (χ0) is 31.9. The predicted octanol–water partition coefficient (Wildman–Crippen LogP) is 7.32. The Morgan fingerprint density at radius 3 is 2.16 bits per heavy atom. The summed E-state index contributed by atoms with van der Waals surface area (Å²) < 4.78 is 29.6. The van der Waals surface area contributed by atoms with Crippen LogP contribution in [0.25, 0.3) is 0 Å². The van der Waals surface area contributed by atoms with Crippen molar-refractivity contribution in [2.24, 2.45) is 0 Å². The second kappa shape index (κ2) is 15.3. The van der Waals surface area contributed by atoms with Gasteiger partial charge in [-0.1, -0.05) is 98.3 Å². The lowest BCUT2D eigenvalue weighted by molar-refractivity contribution is -0.140. The van der Waals surface area contributed by atoms with E-state index in [2.05, 4.69) is 5.32 Å². The number of aryl methyl sites for hydroxylation is 2. The van der Waals surface area contributed by atoms with Crippen LogP contribution in [-0.2, 0) is 32.6 Å². The lowest BCUT2D eigenvalue weighted by Gasteiger charge is -2.35. The number of carbonyl (C=O) groups is 2. The highest BCUT2D eigenvalue weighted by Crippen LogP contribution is 2.30. The average molecular weight is 659 g/mol. The molecule has 2 amide bonds. The van der Waals surface area contributed by atoms with Crippen LogP contribution in [-0.4, -0.2) is 43.8 Å². The third-order valence-corrected chi connectivity index (χ3v) is 10.7. The molecule has 0 heterocycles. The van der Waals surface area contributed by atoms with Crippen LogP contribution in [0.2, 0.25) is 10.0 Å². The third kappa shape index (κ3) is 7.95. The van der Waals surface area contributed by atoms with Crippen molar-refractivity contribution in [3.63, 3.8) is 0 Å². The maximum Gasteiger partial charge on any atom is 0.264 e. The first-order chi connectivity index (χ1) is 21.1. The second-order valence-electron chi connectivity index (χ2n) is 11.3. The van der Waals surface area contributed by atoms with E-state index < -0.39 is 28.5 Å². The van der Waals surface area contributed by atoms with Gasteiger partial charge in [-0.15, -0.1) is 0 Å². The zero-order valence-corrected chi connectivity index (χ0v) is 27.9. The number of carbonyl (C=O) groups excluding carboxylic acids is 2. The molecule has 0 radical (unpaired) electrons. The fourth-order valence-electron chi connectivity index (χ4n) is 5.72. The molecule has 0 aliphatic heterocycles. The van der Waals surface area contributed by atoms with E-state index in [-0.39, 0.29) is 23.4 Å². The van der Waals surface area contributed by atoms with Crippen molar-refractivity contribution in [3.05, 3.63) is 93.5 Å². The number of rotatable bonds is 12. The molecule has 1 aliphatic rings. The Morgan fingerprint density at radius 1 is 0.909 bits per heavy atom. The Bertz CT molecular complexity index is 1540. The summed E-state index contributed by atoms with van der Waals surface area (Å²) in [5.74, 6) is -0.800. The molecule has 0 spiro atoms. The van der Waals surface area contributed by atoms with Crippen LogP contribution in [0.4, 0.5) is 5.69 Å². The number of sulfonamides is 1. The van der Waals surface area contributed by atoms with Crippen molar-refractivity contribution in [2.75, 3.05) is 10.8 Å². The first-order valence-electron chi connectivity index (χ1n) is 15.3. The highest BCUT2D eigenvalue weighted by molar-refractivity contribution is 7.92. The first-order valence-corrected chi connectivity index (χ1v) is 17.5.